The van der Waals surface area contributed by atoms with Crippen molar-refractivity contribution in [1.29, 1.82) is 0 Å². The average Bonchev–Trinajstić information content (AvgIpc) is 2.72. The van der Waals surface area contributed by atoms with Crippen molar-refractivity contribution < 1.29 is 4.74 Å². The van der Waals surface area contributed by atoms with Crippen molar-refractivity contribution in [2.24, 2.45) is 0 Å². The van der Waals surface area contributed by atoms with Crippen molar-refractivity contribution in [3.05, 3.63) is 34.0 Å². The SMILES string of the molecule is C1=C(CNCc2cccs2)COCC1. The summed E-state index contributed by atoms with van der Waals surface area (Å²) in [6, 6.07) is 4.24. The first-order valence-electron chi connectivity index (χ1n) is 4.94. The standard InChI is InChI=1S/C11H15NOS/c1-3-10(9-13-5-1)7-12-8-11-4-2-6-14-11/h2-4,6,12H,1,5,7-9H2. The fraction of sp³-hybridized carbons (Fsp3) is 0.455. The fourth-order valence-electron chi connectivity index (χ4n) is 1.49. The molecule has 0 aromatic carbocycles. The zero-order valence-electron chi connectivity index (χ0n) is 8.16. The Morgan fingerprint density at radius 2 is 2.43 bits per heavy atom. The second-order valence-corrected chi connectivity index (χ2v) is 4.42. The Morgan fingerprint density at radius 3 is 3.14 bits per heavy atom. The summed E-state index contributed by atoms with van der Waals surface area (Å²) in [5.74, 6) is 0. The molecule has 2 heterocycles. The van der Waals surface area contributed by atoms with E-state index in [-0.39, 0.29) is 0 Å². The molecular formula is C11H15NOS. The molecule has 1 aliphatic rings. The molecule has 0 saturated carbocycles. The summed E-state index contributed by atoms with van der Waals surface area (Å²) in [4.78, 5) is 1.39. The minimum atomic E-state index is 0.803. The van der Waals surface area contributed by atoms with E-state index in [1.807, 2.05) is 0 Å². The van der Waals surface area contributed by atoms with Crippen LogP contribution in [0.5, 0.6) is 0 Å². The van der Waals surface area contributed by atoms with Gasteiger partial charge in [0.05, 0.1) is 13.2 Å². The van der Waals surface area contributed by atoms with Gasteiger partial charge in [0, 0.05) is 18.0 Å². The molecule has 0 fully saturated rings. The minimum absolute atomic E-state index is 0.803. The summed E-state index contributed by atoms with van der Waals surface area (Å²) < 4.78 is 5.36. The van der Waals surface area contributed by atoms with Crippen LogP contribution in [-0.2, 0) is 11.3 Å². The van der Waals surface area contributed by atoms with E-state index in [4.69, 9.17) is 4.74 Å². The molecule has 0 bridgehead atoms. The average molecular weight is 209 g/mol. The Morgan fingerprint density at radius 1 is 1.43 bits per heavy atom. The lowest BCUT2D eigenvalue weighted by Gasteiger charge is -2.13. The highest BCUT2D eigenvalue weighted by molar-refractivity contribution is 7.09. The van der Waals surface area contributed by atoms with Gasteiger partial charge in [-0.25, -0.2) is 0 Å². The predicted molar refractivity (Wildman–Crippen MR) is 59.5 cm³/mol. The third kappa shape index (κ3) is 2.94. The third-order valence-electron chi connectivity index (χ3n) is 2.21. The van der Waals surface area contributed by atoms with Crippen LogP contribution in [-0.4, -0.2) is 19.8 Å². The summed E-state index contributed by atoms with van der Waals surface area (Å²) in [5.41, 5.74) is 1.38. The highest BCUT2D eigenvalue weighted by Crippen LogP contribution is 2.08. The number of ether oxygens (including phenoxy) is 1. The lowest BCUT2D eigenvalue weighted by molar-refractivity contribution is 0.149. The van der Waals surface area contributed by atoms with Crippen LogP contribution in [0.4, 0.5) is 0 Å². The van der Waals surface area contributed by atoms with Crippen LogP contribution in [0.1, 0.15) is 11.3 Å². The van der Waals surface area contributed by atoms with Crippen molar-refractivity contribution in [3.63, 3.8) is 0 Å². The Bertz CT molecular complexity index is 292. The molecule has 0 saturated heterocycles. The Hall–Kier alpha value is -0.640. The van der Waals surface area contributed by atoms with Gasteiger partial charge in [0.2, 0.25) is 0 Å². The largest absolute Gasteiger partial charge is 0.377 e. The van der Waals surface area contributed by atoms with Gasteiger partial charge in [0.15, 0.2) is 0 Å². The zero-order chi connectivity index (χ0) is 9.64. The number of rotatable bonds is 4. The van der Waals surface area contributed by atoms with Gasteiger partial charge in [-0.3, -0.25) is 0 Å². The van der Waals surface area contributed by atoms with Gasteiger partial charge in [-0.1, -0.05) is 12.1 Å². The lowest BCUT2D eigenvalue weighted by atomic mass is 10.2. The van der Waals surface area contributed by atoms with Crippen molar-refractivity contribution in [2.45, 2.75) is 13.0 Å². The van der Waals surface area contributed by atoms with Gasteiger partial charge in [-0.05, 0) is 23.4 Å². The molecule has 1 N–H and O–H groups in total. The van der Waals surface area contributed by atoms with E-state index in [9.17, 15) is 0 Å². The van der Waals surface area contributed by atoms with Crippen LogP contribution >= 0.6 is 11.3 Å². The second kappa shape index (κ2) is 5.29. The van der Waals surface area contributed by atoms with Gasteiger partial charge in [0.25, 0.3) is 0 Å². The maximum absolute atomic E-state index is 5.36. The van der Waals surface area contributed by atoms with Crippen molar-refractivity contribution in [1.82, 2.24) is 5.32 Å². The number of nitrogens with one attached hydrogen (secondary N) is 1. The first-order chi connectivity index (χ1) is 6.95. The molecule has 3 heteroatoms. The molecule has 2 rings (SSSR count). The van der Waals surface area contributed by atoms with Crippen LogP contribution in [0.2, 0.25) is 0 Å². The van der Waals surface area contributed by atoms with E-state index < -0.39 is 0 Å². The smallest absolute Gasteiger partial charge is 0.0689 e. The van der Waals surface area contributed by atoms with Crippen molar-refractivity contribution in [2.75, 3.05) is 19.8 Å². The molecule has 0 unspecified atom stereocenters. The molecule has 2 nitrogen and oxygen atoms in total. The minimum Gasteiger partial charge on any atom is -0.377 e. The summed E-state index contributed by atoms with van der Waals surface area (Å²) in [6.45, 7) is 3.61. The first kappa shape index (κ1) is 9.90. The highest BCUT2D eigenvalue weighted by atomic mass is 32.1. The maximum atomic E-state index is 5.36. The topological polar surface area (TPSA) is 21.3 Å². The quantitative estimate of drug-likeness (QED) is 0.767. The molecule has 1 aromatic rings. The zero-order valence-corrected chi connectivity index (χ0v) is 8.98. The van der Waals surface area contributed by atoms with Crippen molar-refractivity contribution in [3.8, 4) is 0 Å². The molecule has 0 aliphatic carbocycles. The van der Waals surface area contributed by atoms with Gasteiger partial charge in [0.1, 0.15) is 0 Å². The van der Waals surface area contributed by atoms with Crippen LogP contribution < -0.4 is 5.32 Å². The monoisotopic (exact) mass is 209 g/mol. The fourth-order valence-corrected chi connectivity index (χ4v) is 2.17. The number of hydrogen-bond acceptors (Lipinski definition) is 3. The van der Waals surface area contributed by atoms with Gasteiger partial charge < -0.3 is 10.1 Å². The van der Waals surface area contributed by atoms with E-state index in [1.54, 1.807) is 11.3 Å². The lowest BCUT2D eigenvalue weighted by Crippen LogP contribution is -2.20. The van der Waals surface area contributed by atoms with E-state index in [0.29, 0.717) is 0 Å². The van der Waals surface area contributed by atoms with E-state index in [2.05, 4.69) is 28.9 Å². The van der Waals surface area contributed by atoms with Crippen LogP contribution in [0.25, 0.3) is 0 Å². The van der Waals surface area contributed by atoms with Crippen LogP contribution in [0.3, 0.4) is 0 Å². The molecule has 1 aliphatic heterocycles. The first-order valence-corrected chi connectivity index (χ1v) is 5.82. The van der Waals surface area contributed by atoms with Gasteiger partial charge in [-0.15, -0.1) is 11.3 Å². The Labute approximate surface area is 88.6 Å². The van der Waals surface area contributed by atoms with Crippen LogP contribution in [0.15, 0.2) is 29.2 Å². The number of hydrogen-bond donors (Lipinski definition) is 1. The molecule has 76 valence electrons. The van der Waals surface area contributed by atoms with E-state index >= 15 is 0 Å². The summed E-state index contributed by atoms with van der Waals surface area (Å²) in [6.07, 6.45) is 3.35. The second-order valence-electron chi connectivity index (χ2n) is 3.39. The summed E-state index contributed by atoms with van der Waals surface area (Å²) >= 11 is 1.80. The molecule has 0 spiro atoms. The molecular weight excluding hydrogens is 194 g/mol. The molecule has 1 aromatic heterocycles. The van der Waals surface area contributed by atoms with E-state index in [0.717, 1.165) is 32.7 Å². The Kier molecular flexibility index (Phi) is 3.74. The molecule has 14 heavy (non-hydrogen) atoms. The van der Waals surface area contributed by atoms with E-state index in [1.165, 1.54) is 10.5 Å². The summed E-state index contributed by atoms with van der Waals surface area (Å²) in [5, 5.41) is 5.53. The third-order valence-corrected chi connectivity index (χ3v) is 3.09. The molecule has 0 radical (unpaired) electrons. The maximum Gasteiger partial charge on any atom is 0.0689 e. The predicted octanol–water partition coefficient (Wildman–Crippen LogP) is 2.18. The number of thiophene rings is 1. The summed E-state index contributed by atoms with van der Waals surface area (Å²) in [7, 11) is 0. The molecule has 0 amide bonds. The normalized spacial score (nSPS) is 16.7. The van der Waals surface area contributed by atoms with Crippen LogP contribution in [0, 0.1) is 0 Å². The van der Waals surface area contributed by atoms with Crippen molar-refractivity contribution >= 4 is 11.3 Å². The molecule has 0 atom stereocenters. The van der Waals surface area contributed by atoms with Gasteiger partial charge >= 0.3 is 0 Å². The highest BCUT2D eigenvalue weighted by Gasteiger charge is 2.02. The Balaban J connectivity index is 1.70. The van der Waals surface area contributed by atoms with Gasteiger partial charge in [-0.2, -0.15) is 0 Å².